The Morgan fingerprint density at radius 3 is 2.55 bits per heavy atom. The molecule has 0 bridgehead atoms. The molecule has 0 atom stereocenters. The van der Waals surface area contributed by atoms with Crippen LogP contribution in [0.2, 0.25) is 5.02 Å². The summed E-state index contributed by atoms with van der Waals surface area (Å²) < 4.78 is 2.33. The van der Waals surface area contributed by atoms with E-state index in [-0.39, 0.29) is 0 Å². The molecule has 1 aliphatic heterocycles. The molecule has 3 heterocycles. The number of nitriles is 1. The number of anilines is 1. The van der Waals surface area contributed by atoms with Gasteiger partial charge in [-0.25, -0.2) is 4.98 Å². The summed E-state index contributed by atoms with van der Waals surface area (Å²) in [6.45, 7) is 6.70. The Hall–Kier alpha value is -3.29. The molecule has 0 fully saturated rings. The van der Waals surface area contributed by atoms with Crippen LogP contribution in [0.4, 0.5) is 5.82 Å². The second-order valence-corrected chi connectivity index (χ2v) is 8.64. The Morgan fingerprint density at radius 2 is 1.81 bits per heavy atom. The molecule has 5 rings (SSSR count). The summed E-state index contributed by atoms with van der Waals surface area (Å²) in [5.41, 5.74) is 7.87. The van der Waals surface area contributed by atoms with Crippen molar-refractivity contribution in [1.82, 2.24) is 9.55 Å². The van der Waals surface area contributed by atoms with Crippen LogP contribution in [0.3, 0.4) is 0 Å². The normalized spacial score (nSPS) is 13.3. The van der Waals surface area contributed by atoms with Gasteiger partial charge in [0.05, 0.1) is 5.52 Å². The predicted octanol–water partition coefficient (Wildman–Crippen LogP) is 5.79. The van der Waals surface area contributed by atoms with Crippen molar-refractivity contribution < 1.29 is 0 Å². The van der Waals surface area contributed by atoms with Crippen molar-refractivity contribution in [3.63, 3.8) is 0 Å². The fourth-order valence-electron chi connectivity index (χ4n) is 4.57. The fourth-order valence-corrected chi connectivity index (χ4v) is 4.69. The van der Waals surface area contributed by atoms with Gasteiger partial charge in [0.2, 0.25) is 0 Å². The lowest BCUT2D eigenvalue weighted by Crippen LogP contribution is -2.31. The highest BCUT2D eigenvalue weighted by atomic mass is 35.5. The molecular weight excluding hydrogens is 404 g/mol. The molecule has 0 unspecified atom stereocenters. The largest absolute Gasteiger partial charge is 0.350 e. The van der Waals surface area contributed by atoms with Gasteiger partial charge in [-0.15, -0.1) is 0 Å². The van der Waals surface area contributed by atoms with Crippen LogP contribution < -0.4 is 4.90 Å². The summed E-state index contributed by atoms with van der Waals surface area (Å²) in [5.74, 6) is 0.897. The van der Waals surface area contributed by atoms with Crippen molar-refractivity contribution >= 4 is 28.3 Å². The lowest BCUT2D eigenvalue weighted by Gasteiger charge is -2.30. The van der Waals surface area contributed by atoms with Crippen molar-refractivity contribution in [3.8, 4) is 6.07 Å². The molecule has 1 aliphatic rings. The maximum Gasteiger partial charge on any atom is 0.155 e. The minimum Gasteiger partial charge on any atom is -0.350 e. The summed E-state index contributed by atoms with van der Waals surface area (Å²) in [7, 11) is 0. The van der Waals surface area contributed by atoms with Crippen LogP contribution in [0.25, 0.3) is 10.9 Å². The van der Waals surface area contributed by atoms with Gasteiger partial charge < -0.3 is 9.47 Å². The molecule has 2 aromatic heterocycles. The van der Waals surface area contributed by atoms with E-state index in [2.05, 4.69) is 65.8 Å². The molecule has 4 nitrogen and oxygen atoms in total. The number of fused-ring (bicyclic) bond motifs is 2. The minimum absolute atomic E-state index is 0.466. The number of aryl methyl sites for hydroxylation is 1. The summed E-state index contributed by atoms with van der Waals surface area (Å²) >= 11 is 6.09. The Bertz CT molecular complexity index is 1330. The van der Waals surface area contributed by atoms with Gasteiger partial charge >= 0.3 is 0 Å². The average molecular weight is 427 g/mol. The van der Waals surface area contributed by atoms with E-state index in [0.717, 1.165) is 47.8 Å². The number of pyridine rings is 1. The number of hydrogen-bond donors (Lipinski definition) is 0. The quantitative estimate of drug-likeness (QED) is 0.416. The third-order valence-corrected chi connectivity index (χ3v) is 6.65. The number of rotatable bonds is 3. The van der Waals surface area contributed by atoms with Crippen LogP contribution in [0, 0.1) is 25.2 Å². The number of halogens is 1. The molecule has 0 saturated carbocycles. The van der Waals surface area contributed by atoms with Crippen LogP contribution in [-0.4, -0.2) is 16.1 Å². The summed E-state index contributed by atoms with van der Waals surface area (Å²) in [5, 5.41) is 11.5. The van der Waals surface area contributed by atoms with Crippen LogP contribution in [0.5, 0.6) is 0 Å². The van der Waals surface area contributed by atoms with Crippen LogP contribution in [0.15, 0.2) is 54.6 Å². The second kappa shape index (κ2) is 7.76. The van der Waals surface area contributed by atoms with Gasteiger partial charge in [-0.1, -0.05) is 48.0 Å². The van der Waals surface area contributed by atoms with Crippen LogP contribution >= 0.6 is 11.6 Å². The summed E-state index contributed by atoms with van der Waals surface area (Å²) in [4.78, 5) is 7.13. The first kappa shape index (κ1) is 19.7. The zero-order valence-electron chi connectivity index (χ0n) is 17.7. The van der Waals surface area contributed by atoms with E-state index in [1.165, 1.54) is 27.9 Å². The van der Waals surface area contributed by atoms with Gasteiger partial charge in [0, 0.05) is 35.7 Å². The van der Waals surface area contributed by atoms with E-state index in [0.29, 0.717) is 5.69 Å². The average Bonchev–Trinajstić information content (AvgIpc) is 3.04. The zero-order valence-corrected chi connectivity index (χ0v) is 18.4. The SMILES string of the molecule is Cc1c(C)n(Cc2ccc(Cl)cc2)c2c(N3CCc4ccccc4C3)nc(C#N)cc12. The van der Waals surface area contributed by atoms with E-state index in [1.807, 2.05) is 18.2 Å². The Morgan fingerprint density at radius 1 is 1.06 bits per heavy atom. The van der Waals surface area contributed by atoms with Crippen molar-refractivity contribution in [1.29, 1.82) is 5.26 Å². The standard InChI is InChI=1S/C26H23ClN4/c1-17-18(2)31(15-19-7-9-22(27)10-8-19)25-24(17)13-23(14-28)29-26(25)30-12-11-20-5-3-4-6-21(20)16-30/h3-10,13H,11-12,15-16H2,1-2H3. The molecule has 5 heteroatoms. The van der Waals surface area contributed by atoms with Crippen molar-refractivity contribution in [2.45, 2.75) is 33.4 Å². The Balaban J connectivity index is 1.67. The van der Waals surface area contributed by atoms with Crippen LogP contribution in [-0.2, 0) is 19.5 Å². The van der Waals surface area contributed by atoms with E-state index < -0.39 is 0 Å². The van der Waals surface area contributed by atoms with E-state index in [4.69, 9.17) is 16.6 Å². The molecule has 31 heavy (non-hydrogen) atoms. The molecule has 0 N–H and O–H groups in total. The van der Waals surface area contributed by atoms with Gasteiger partial charge in [0.15, 0.2) is 5.82 Å². The number of hydrogen-bond acceptors (Lipinski definition) is 3. The van der Waals surface area contributed by atoms with E-state index >= 15 is 0 Å². The third kappa shape index (κ3) is 3.45. The molecule has 154 valence electrons. The van der Waals surface area contributed by atoms with E-state index in [1.54, 1.807) is 0 Å². The van der Waals surface area contributed by atoms with Crippen molar-refractivity contribution in [2.75, 3.05) is 11.4 Å². The summed E-state index contributed by atoms with van der Waals surface area (Å²) in [6, 6.07) is 20.8. The summed E-state index contributed by atoms with van der Waals surface area (Å²) in [6.07, 6.45) is 0.978. The highest BCUT2D eigenvalue weighted by molar-refractivity contribution is 6.30. The molecule has 0 aliphatic carbocycles. The minimum atomic E-state index is 0.466. The smallest absolute Gasteiger partial charge is 0.155 e. The molecule has 0 spiro atoms. The molecule has 0 radical (unpaired) electrons. The molecular formula is C26H23ClN4. The number of nitrogens with zero attached hydrogens (tertiary/aromatic N) is 4. The lowest BCUT2D eigenvalue weighted by molar-refractivity contribution is 0.717. The Kier molecular flexibility index (Phi) is 4.92. The first-order valence-corrected chi connectivity index (χ1v) is 10.9. The lowest BCUT2D eigenvalue weighted by atomic mass is 10.00. The van der Waals surface area contributed by atoms with Gasteiger partial charge in [0.25, 0.3) is 0 Å². The highest BCUT2D eigenvalue weighted by Crippen LogP contribution is 2.35. The fraction of sp³-hybridized carbons (Fsp3) is 0.231. The monoisotopic (exact) mass is 426 g/mol. The molecule has 4 aromatic rings. The molecule has 0 amide bonds. The second-order valence-electron chi connectivity index (χ2n) is 8.20. The van der Waals surface area contributed by atoms with Crippen molar-refractivity contribution in [2.24, 2.45) is 0 Å². The maximum absolute atomic E-state index is 9.66. The number of benzene rings is 2. The zero-order chi connectivity index (χ0) is 21.5. The Labute approximate surface area is 187 Å². The van der Waals surface area contributed by atoms with Gasteiger partial charge in [0.1, 0.15) is 11.8 Å². The first-order valence-electron chi connectivity index (χ1n) is 10.5. The van der Waals surface area contributed by atoms with Crippen molar-refractivity contribution in [3.05, 3.63) is 93.3 Å². The maximum atomic E-state index is 9.66. The van der Waals surface area contributed by atoms with Gasteiger partial charge in [-0.05, 0) is 60.7 Å². The molecule has 2 aromatic carbocycles. The van der Waals surface area contributed by atoms with Crippen LogP contribution in [0.1, 0.15) is 33.6 Å². The van der Waals surface area contributed by atoms with E-state index in [9.17, 15) is 5.26 Å². The topological polar surface area (TPSA) is 44.9 Å². The number of aromatic nitrogens is 2. The third-order valence-electron chi connectivity index (χ3n) is 6.39. The first-order chi connectivity index (χ1) is 15.0. The predicted molar refractivity (Wildman–Crippen MR) is 126 cm³/mol. The molecule has 0 saturated heterocycles. The van der Waals surface area contributed by atoms with Gasteiger partial charge in [-0.2, -0.15) is 5.26 Å². The highest BCUT2D eigenvalue weighted by Gasteiger charge is 2.24. The van der Waals surface area contributed by atoms with Gasteiger partial charge in [-0.3, -0.25) is 0 Å².